The van der Waals surface area contributed by atoms with Gasteiger partial charge in [-0.1, -0.05) is 25.2 Å². The molecule has 0 saturated heterocycles. The minimum atomic E-state index is -0.400. The molecule has 4 heteroatoms. The molecule has 0 saturated carbocycles. The van der Waals surface area contributed by atoms with Gasteiger partial charge in [0.15, 0.2) is 0 Å². The van der Waals surface area contributed by atoms with Gasteiger partial charge in [-0.05, 0) is 33.3 Å². The molecule has 0 fully saturated rings. The van der Waals surface area contributed by atoms with Crippen LogP contribution in [-0.4, -0.2) is 16.7 Å². The van der Waals surface area contributed by atoms with Crippen molar-refractivity contribution >= 4 is 11.9 Å². The maximum atomic E-state index is 10.9. The van der Waals surface area contributed by atoms with E-state index in [0.717, 1.165) is 24.8 Å². The lowest BCUT2D eigenvalue weighted by Crippen LogP contribution is -2.10. The molecule has 0 aliphatic heterocycles. The standard InChI is InChI=1S/C17H22N2O2/c1-5-6-7-8-9-14-10-11-16(19(20)21)12-15(14)13-18-17(2,3)4/h10-13H,5-7H2,1-4H3. The first-order chi connectivity index (χ1) is 9.83. The summed E-state index contributed by atoms with van der Waals surface area (Å²) in [6.07, 6.45) is 4.68. The molecule has 1 rings (SSSR count). The van der Waals surface area contributed by atoms with Crippen molar-refractivity contribution in [2.45, 2.75) is 52.5 Å². The molecule has 0 aromatic heterocycles. The molecule has 0 aliphatic carbocycles. The molecule has 1 aromatic carbocycles. The monoisotopic (exact) mass is 286 g/mol. The van der Waals surface area contributed by atoms with Crippen LogP contribution in [0.15, 0.2) is 23.2 Å². The van der Waals surface area contributed by atoms with Crippen molar-refractivity contribution in [2.75, 3.05) is 0 Å². The number of nitro groups is 1. The van der Waals surface area contributed by atoms with Crippen molar-refractivity contribution in [1.29, 1.82) is 0 Å². The van der Waals surface area contributed by atoms with Crippen LogP contribution >= 0.6 is 0 Å². The molecule has 1 aromatic rings. The van der Waals surface area contributed by atoms with Gasteiger partial charge in [0.25, 0.3) is 5.69 Å². The summed E-state index contributed by atoms with van der Waals surface area (Å²) in [5.41, 5.74) is 1.31. The Labute approximate surface area is 126 Å². The van der Waals surface area contributed by atoms with Gasteiger partial charge in [-0.3, -0.25) is 15.1 Å². The fourth-order valence-electron chi connectivity index (χ4n) is 1.57. The van der Waals surface area contributed by atoms with Crippen LogP contribution in [0.2, 0.25) is 0 Å². The van der Waals surface area contributed by atoms with E-state index < -0.39 is 4.92 Å². The highest BCUT2D eigenvalue weighted by molar-refractivity contribution is 5.85. The normalized spacial score (nSPS) is 11.2. The van der Waals surface area contributed by atoms with Gasteiger partial charge in [-0.25, -0.2) is 0 Å². The smallest absolute Gasteiger partial charge is 0.270 e. The van der Waals surface area contributed by atoms with Crippen LogP contribution in [0.5, 0.6) is 0 Å². The SMILES string of the molecule is CCCCC#Cc1ccc([N+](=O)[O-])cc1C=NC(C)(C)C. The Kier molecular flexibility index (Phi) is 6.10. The predicted molar refractivity (Wildman–Crippen MR) is 86.8 cm³/mol. The van der Waals surface area contributed by atoms with Crippen molar-refractivity contribution in [2.24, 2.45) is 4.99 Å². The molecular formula is C17H22N2O2. The lowest BCUT2D eigenvalue weighted by atomic mass is 10.1. The predicted octanol–water partition coefficient (Wildman–Crippen LogP) is 4.35. The van der Waals surface area contributed by atoms with Gasteiger partial charge in [0.05, 0.1) is 10.5 Å². The highest BCUT2D eigenvalue weighted by Gasteiger charge is 2.10. The van der Waals surface area contributed by atoms with Gasteiger partial charge < -0.3 is 0 Å². The Morgan fingerprint density at radius 3 is 2.67 bits per heavy atom. The molecule has 0 atom stereocenters. The van der Waals surface area contributed by atoms with Crippen LogP contribution in [0.3, 0.4) is 0 Å². The molecule has 112 valence electrons. The molecule has 21 heavy (non-hydrogen) atoms. The number of unbranched alkanes of at least 4 members (excludes halogenated alkanes) is 2. The van der Waals surface area contributed by atoms with Crippen LogP contribution in [0, 0.1) is 22.0 Å². The Morgan fingerprint density at radius 2 is 2.10 bits per heavy atom. The van der Waals surface area contributed by atoms with E-state index in [1.54, 1.807) is 12.3 Å². The molecule has 0 radical (unpaired) electrons. The molecule has 4 nitrogen and oxygen atoms in total. The third kappa shape index (κ3) is 6.22. The lowest BCUT2D eigenvalue weighted by Gasteiger charge is -2.11. The Hall–Kier alpha value is -2.15. The van der Waals surface area contributed by atoms with Gasteiger partial charge in [0, 0.05) is 35.9 Å². The van der Waals surface area contributed by atoms with Gasteiger partial charge >= 0.3 is 0 Å². The summed E-state index contributed by atoms with van der Waals surface area (Å²) in [5, 5.41) is 10.9. The number of nitro benzene ring substituents is 1. The maximum absolute atomic E-state index is 10.9. The Morgan fingerprint density at radius 1 is 1.38 bits per heavy atom. The van der Waals surface area contributed by atoms with E-state index in [4.69, 9.17) is 0 Å². The summed E-state index contributed by atoms with van der Waals surface area (Å²) in [4.78, 5) is 14.9. The van der Waals surface area contributed by atoms with Crippen molar-refractivity contribution < 1.29 is 4.92 Å². The summed E-state index contributed by atoms with van der Waals surface area (Å²) >= 11 is 0. The number of non-ortho nitro benzene ring substituents is 1. The highest BCUT2D eigenvalue weighted by Crippen LogP contribution is 2.17. The maximum Gasteiger partial charge on any atom is 0.270 e. The summed E-state index contributed by atoms with van der Waals surface area (Å²) in [6.45, 7) is 8.06. The summed E-state index contributed by atoms with van der Waals surface area (Å²) in [7, 11) is 0. The zero-order valence-electron chi connectivity index (χ0n) is 13.1. The van der Waals surface area contributed by atoms with E-state index >= 15 is 0 Å². The molecule has 0 bridgehead atoms. The highest BCUT2D eigenvalue weighted by atomic mass is 16.6. The average molecular weight is 286 g/mol. The minimum absolute atomic E-state index is 0.0597. The van der Waals surface area contributed by atoms with Crippen LogP contribution in [0.4, 0.5) is 5.69 Å². The largest absolute Gasteiger partial charge is 0.287 e. The average Bonchev–Trinajstić information content (AvgIpc) is 2.41. The molecule has 0 aliphatic rings. The van der Waals surface area contributed by atoms with Gasteiger partial charge in [0.2, 0.25) is 0 Å². The zero-order valence-corrected chi connectivity index (χ0v) is 13.1. The van der Waals surface area contributed by atoms with Crippen LogP contribution in [-0.2, 0) is 0 Å². The van der Waals surface area contributed by atoms with Gasteiger partial charge in [-0.2, -0.15) is 0 Å². The molecule has 0 unspecified atom stereocenters. The quantitative estimate of drug-likeness (QED) is 0.271. The van der Waals surface area contributed by atoms with Crippen molar-refractivity contribution in [3.8, 4) is 11.8 Å². The molecule has 0 heterocycles. The molecule has 0 amide bonds. The molecule has 0 N–H and O–H groups in total. The van der Waals surface area contributed by atoms with E-state index in [0.29, 0.717) is 5.56 Å². The second kappa shape index (κ2) is 7.58. The van der Waals surface area contributed by atoms with E-state index in [1.807, 2.05) is 20.8 Å². The summed E-state index contributed by atoms with van der Waals surface area (Å²) in [5.74, 6) is 6.19. The van der Waals surface area contributed by atoms with Crippen LogP contribution < -0.4 is 0 Å². The Bertz CT molecular complexity index is 587. The number of rotatable bonds is 4. The van der Waals surface area contributed by atoms with Crippen molar-refractivity contribution in [1.82, 2.24) is 0 Å². The number of hydrogen-bond donors (Lipinski definition) is 0. The van der Waals surface area contributed by atoms with Gasteiger partial charge in [0.1, 0.15) is 0 Å². The first-order valence-electron chi connectivity index (χ1n) is 7.16. The lowest BCUT2D eigenvalue weighted by molar-refractivity contribution is -0.384. The first kappa shape index (κ1) is 16.9. The molecule has 0 spiro atoms. The van der Waals surface area contributed by atoms with Gasteiger partial charge in [-0.15, -0.1) is 0 Å². The zero-order chi connectivity index (χ0) is 15.9. The van der Waals surface area contributed by atoms with E-state index in [2.05, 4.69) is 23.8 Å². The number of aliphatic imine (C=N–C) groups is 1. The number of nitrogens with zero attached hydrogens (tertiary/aromatic N) is 2. The third-order valence-corrected chi connectivity index (χ3v) is 2.72. The third-order valence-electron chi connectivity index (χ3n) is 2.72. The second-order valence-corrected chi connectivity index (χ2v) is 5.86. The number of hydrogen-bond acceptors (Lipinski definition) is 3. The van der Waals surface area contributed by atoms with Crippen LogP contribution in [0.25, 0.3) is 0 Å². The second-order valence-electron chi connectivity index (χ2n) is 5.86. The fourth-order valence-corrected chi connectivity index (χ4v) is 1.57. The number of benzene rings is 1. The molecular weight excluding hydrogens is 264 g/mol. The fraction of sp³-hybridized carbons (Fsp3) is 0.471. The Balaban J connectivity index is 3.13. The summed E-state index contributed by atoms with van der Waals surface area (Å²) < 4.78 is 0. The first-order valence-corrected chi connectivity index (χ1v) is 7.16. The van der Waals surface area contributed by atoms with Crippen molar-refractivity contribution in [3.05, 3.63) is 39.4 Å². The minimum Gasteiger partial charge on any atom is -0.287 e. The van der Waals surface area contributed by atoms with E-state index in [-0.39, 0.29) is 11.2 Å². The van der Waals surface area contributed by atoms with E-state index in [9.17, 15) is 10.1 Å². The van der Waals surface area contributed by atoms with Crippen LogP contribution in [0.1, 0.15) is 58.1 Å². The van der Waals surface area contributed by atoms with E-state index in [1.165, 1.54) is 12.1 Å². The topological polar surface area (TPSA) is 55.5 Å². The summed E-state index contributed by atoms with van der Waals surface area (Å²) in [6, 6.07) is 4.71. The van der Waals surface area contributed by atoms with Crippen molar-refractivity contribution in [3.63, 3.8) is 0 Å².